The van der Waals surface area contributed by atoms with Crippen molar-refractivity contribution >= 4 is 21.2 Å². The van der Waals surface area contributed by atoms with Crippen LogP contribution in [0.1, 0.15) is 20.8 Å². The number of nitrogens with zero attached hydrogens (tertiary/aromatic N) is 1. The van der Waals surface area contributed by atoms with Crippen LogP contribution in [0.25, 0.3) is 0 Å². The number of likely N-dealkylation sites (N-methyl/N-ethyl adjacent to an activating group) is 1. The highest BCUT2D eigenvalue weighted by molar-refractivity contribution is 7.90. The highest BCUT2D eigenvalue weighted by Gasteiger charge is 2.21. The van der Waals surface area contributed by atoms with Gasteiger partial charge in [-0.3, -0.25) is 0 Å². The molecule has 0 unspecified atom stereocenters. The highest BCUT2D eigenvalue weighted by atomic mass is 32.2. The number of aliphatic hydroxyl groups is 1. The number of benzene rings is 1. The molecule has 6 heteroatoms. The molecule has 1 aromatic carbocycles. The van der Waals surface area contributed by atoms with Crippen molar-refractivity contribution in [1.29, 1.82) is 0 Å². The summed E-state index contributed by atoms with van der Waals surface area (Å²) < 4.78 is 23.3. The zero-order valence-corrected chi connectivity index (χ0v) is 12.7. The molecule has 0 aliphatic heterocycles. The Morgan fingerprint density at radius 3 is 2.37 bits per heavy atom. The SMILES string of the molecule is CCN(CC(C)(C)O)c1cccc(S(C)(=O)=O)c1N. The number of nitrogen functional groups attached to an aromatic ring is 1. The lowest BCUT2D eigenvalue weighted by molar-refractivity contribution is 0.0876. The Morgan fingerprint density at radius 1 is 1.37 bits per heavy atom. The summed E-state index contributed by atoms with van der Waals surface area (Å²) in [7, 11) is -3.36. The van der Waals surface area contributed by atoms with E-state index in [0.29, 0.717) is 18.8 Å². The maximum Gasteiger partial charge on any atom is 0.177 e. The fourth-order valence-electron chi connectivity index (χ4n) is 1.97. The lowest BCUT2D eigenvalue weighted by atomic mass is 10.1. The van der Waals surface area contributed by atoms with Crippen LogP contribution in [0.15, 0.2) is 23.1 Å². The van der Waals surface area contributed by atoms with Gasteiger partial charge in [0, 0.05) is 19.3 Å². The van der Waals surface area contributed by atoms with Gasteiger partial charge in [-0.1, -0.05) is 6.07 Å². The molecule has 0 atom stereocenters. The first-order chi connectivity index (χ1) is 8.56. The van der Waals surface area contributed by atoms with Crippen molar-refractivity contribution in [2.45, 2.75) is 31.3 Å². The van der Waals surface area contributed by atoms with Gasteiger partial charge in [-0.15, -0.1) is 0 Å². The van der Waals surface area contributed by atoms with Gasteiger partial charge in [0.1, 0.15) is 0 Å². The van der Waals surface area contributed by atoms with Crippen molar-refractivity contribution in [3.63, 3.8) is 0 Å². The number of anilines is 2. The fraction of sp³-hybridized carbons (Fsp3) is 0.538. The Hall–Kier alpha value is -1.27. The van der Waals surface area contributed by atoms with Crippen molar-refractivity contribution in [3.05, 3.63) is 18.2 Å². The van der Waals surface area contributed by atoms with Crippen LogP contribution in [0.2, 0.25) is 0 Å². The predicted molar refractivity (Wildman–Crippen MR) is 78.1 cm³/mol. The largest absolute Gasteiger partial charge is 0.396 e. The fourth-order valence-corrected chi connectivity index (χ4v) is 2.80. The number of rotatable bonds is 5. The van der Waals surface area contributed by atoms with E-state index in [2.05, 4.69) is 0 Å². The second-order valence-corrected chi connectivity index (χ2v) is 7.27. The molecule has 5 nitrogen and oxygen atoms in total. The minimum Gasteiger partial charge on any atom is -0.396 e. The molecule has 0 aliphatic carbocycles. The molecule has 1 aromatic rings. The van der Waals surface area contributed by atoms with Gasteiger partial charge in [-0.05, 0) is 32.9 Å². The molecule has 19 heavy (non-hydrogen) atoms. The molecule has 0 bridgehead atoms. The minimum absolute atomic E-state index is 0.124. The van der Waals surface area contributed by atoms with E-state index >= 15 is 0 Å². The summed E-state index contributed by atoms with van der Waals surface area (Å²) >= 11 is 0. The van der Waals surface area contributed by atoms with E-state index in [0.717, 1.165) is 6.26 Å². The molecule has 3 N–H and O–H groups in total. The topological polar surface area (TPSA) is 83.6 Å². The normalized spacial score (nSPS) is 12.5. The average Bonchev–Trinajstić information content (AvgIpc) is 2.23. The van der Waals surface area contributed by atoms with Gasteiger partial charge in [0.25, 0.3) is 0 Å². The number of hydrogen-bond donors (Lipinski definition) is 2. The lowest BCUT2D eigenvalue weighted by Crippen LogP contribution is -2.39. The summed E-state index contributed by atoms with van der Waals surface area (Å²) in [4.78, 5) is 1.99. The number of hydrogen-bond acceptors (Lipinski definition) is 5. The van der Waals surface area contributed by atoms with Crippen LogP contribution in [-0.2, 0) is 9.84 Å². The van der Waals surface area contributed by atoms with Crippen LogP contribution in [0.4, 0.5) is 11.4 Å². The summed E-state index contributed by atoms with van der Waals surface area (Å²) in [6.45, 7) is 6.33. The van der Waals surface area contributed by atoms with Gasteiger partial charge >= 0.3 is 0 Å². The molecule has 0 amide bonds. The summed E-state index contributed by atoms with van der Waals surface area (Å²) in [5.74, 6) is 0. The van der Waals surface area contributed by atoms with Crippen LogP contribution >= 0.6 is 0 Å². The van der Waals surface area contributed by atoms with E-state index in [1.807, 2.05) is 11.8 Å². The Bertz CT molecular complexity index is 547. The van der Waals surface area contributed by atoms with Gasteiger partial charge in [0.2, 0.25) is 0 Å². The molecule has 1 rings (SSSR count). The van der Waals surface area contributed by atoms with Crippen molar-refractivity contribution in [2.24, 2.45) is 0 Å². The lowest BCUT2D eigenvalue weighted by Gasteiger charge is -2.31. The second-order valence-electron chi connectivity index (χ2n) is 5.29. The molecule has 0 spiro atoms. The quantitative estimate of drug-likeness (QED) is 0.796. The molecule has 108 valence electrons. The van der Waals surface area contributed by atoms with Gasteiger partial charge < -0.3 is 15.7 Å². The maximum atomic E-state index is 11.7. The molecule has 0 aromatic heterocycles. The number of nitrogens with two attached hydrogens (primary N) is 1. The predicted octanol–water partition coefficient (Wildman–Crippen LogP) is 1.27. The third kappa shape index (κ3) is 4.11. The first-order valence-corrected chi connectivity index (χ1v) is 8.01. The Morgan fingerprint density at radius 2 is 1.95 bits per heavy atom. The maximum absolute atomic E-state index is 11.7. The first-order valence-electron chi connectivity index (χ1n) is 6.12. The zero-order chi connectivity index (χ0) is 14.8. The molecular formula is C13H22N2O3S. The molecule has 0 fully saturated rings. The smallest absolute Gasteiger partial charge is 0.177 e. The molecule has 0 saturated heterocycles. The second kappa shape index (κ2) is 5.38. The summed E-state index contributed by atoms with van der Waals surface area (Å²) in [6, 6.07) is 4.92. The van der Waals surface area contributed by atoms with E-state index < -0.39 is 15.4 Å². The molecule has 0 saturated carbocycles. The molecule has 0 heterocycles. The van der Waals surface area contributed by atoms with Crippen LogP contribution in [0, 0.1) is 0 Å². The van der Waals surface area contributed by atoms with Crippen LogP contribution < -0.4 is 10.6 Å². The summed E-state index contributed by atoms with van der Waals surface area (Å²) in [6.07, 6.45) is 1.13. The van der Waals surface area contributed by atoms with Gasteiger partial charge in [-0.25, -0.2) is 8.42 Å². The van der Waals surface area contributed by atoms with Crippen molar-refractivity contribution in [2.75, 3.05) is 30.0 Å². The Kier molecular flexibility index (Phi) is 4.47. The first kappa shape index (κ1) is 15.8. The third-order valence-electron chi connectivity index (χ3n) is 2.74. The standard InChI is InChI=1S/C13H22N2O3S/c1-5-15(9-13(2,3)16)10-7-6-8-11(12(10)14)19(4,17)18/h6-8,16H,5,9,14H2,1-4H3. The van der Waals surface area contributed by atoms with E-state index in [4.69, 9.17) is 5.73 Å². The Labute approximate surface area is 115 Å². The monoisotopic (exact) mass is 286 g/mol. The average molecular weight is 286 g/mol. The van der Waals surface area contributed by atoms with Gasteiger partial charge in [-0.2, -0.15) is 0 Å². The molecule has 0 aliphatic rings. The van der Waals surface area contributed by atoms with Gasteiger partial charge in [0.15, 0.2) is 9.84 Å². The molecule has 0 radical (unpaired) electrons. The number of para-hydroxylation sites is 1. The minimum atomic E-state index is -3.36. The van der Waals surface area contributed by atoms with E-state index in [9.17, 15) is 13.5 Å². The van der Waals surface area contributed by atoms with E-state index in [1.165, 1.54) is 6.07 Å². The van der Waals surface area contributed by atoms with Crippen molar-refractivity contribution < 1.29 is 13.5 Å². The van der Waals surface area contributed by atoms with Crippen LogP contribution in [-0.4, -0.2) is 38.5 Å². The third-order valence-corrected chi connectivity index (χ3v) is 3.90. The van der Waals surface area contributed by atoms with Crippen molar-refractivity contribution in [1.82, 2.24) is 0 Å². The summed E-state index contributed by atoms with van der Waals surface area (Å²) in [5, 5.41) is 9.90. The molecular weight excluding hydrogens is 264 g/mol. The van der Waals surface area contributed by atoms with E-state index in [-0.39, 0.29) is 10.6 Å². The zero-order valence-electron chi connectivity index (χ0n) is 11.8. The van der Waals surface area contributed by atoms with Crippen molar-refractivity contribution in [3.8, 4) is 0 Å². The summed E-state index contributed by atoms with van der Waals surface area (Å²) in [5.41, 5.74) is 5.94. The van der Waals surface area contributed by atoms with E-state index in [1.54, 1.807) is 26.0 Å². The number of sulfone groups is 1. The van der Waals surface area contributed by atoms with Crippen LogP contribution in [0.5, 0.6) is 0 Å². The van der Waals surface area contributed by atoms with Crippen LogP contribution in [0.3, 0.4) is 0 Å². The highest BCUT2D eigenvalue weighted by Crippen LogP contribution is 2.30. The van der Waals surface area contributed by atoms with Gasteiger partial charge in [0.05, 0.1) is 21.9 Å². The Balaban J connectivity index is 3.27.